The molecule has 0 spiro atoms. The van der Waals surface area contributed by atoms with Gasteiger partial charge in [-0.2, -0.15) is 0 Å². The molecule has 2 atom stereocenters. The Morgan fingerprint density at radius 3 is 2.47 bits per heavy atom. The number of nitrogens with one attached hydrogen (secondary N) is 1. The van der Waals surface area contributed by atoms with Gasteiger partial charge in [-0.25, -0.2) is 0 Å². The van der Waals surface area contributed by atoms with E-state index in [0.717, 1.165) is 32.6 Å². The van der Waals surface area contributed by atoms with E-state index in [-0.39, 0.29) is 12.1 Å². The van der Waals surface area contributed by atoms with E-state index in [0.29, 0.717) is 11.8 Å². The van der Waals surface area contributed by atoms with Crippen molar-refractivity contribution in [1.82, 2.24) is 10.2 Å². The van der Waals surface area contributed by atoms with E-state index < -0.39 is 0 Å². The summed E-state index contributed by atoms with van der Waals surface area (Å²) < 4.78 is 0. The molecule has 0 heterocycles. The Kier molecular flexibility index (Phi) is 7.33. The van der Waals surface area contributed by atoms with Crippen molar-refractivity contribution < 1.29 is 5.11 Å². The lowest BCUT2D eigenvalue weighted by atomic mass is 9.68. The number of hydrogen-bond acceptors (Lipinski definition) is 3. The van der Waals surface area contributed by atoms with Crippen molar-refractivity contribution in [2.75, 3.05) is 32.8 Å². The van der Waals surface area contributed by atoms with E-state index >= 15 is 0 Å². The highest BCUT2D eigenvalue weighted by atomic mass is 16.3. The lowest BCUT2D eigenvalue weighted by Crippen LogP contribution is -2.58. The fourth-order valence-corrected chi connectivity index (χ4v) is 3.71. The average Bonchev–Trinajstić information content (AvgIpc) is 2.43. The van der Waals surface area contributed by atoms with Crippen LogP contribution in [0.1, 0.15) is 53.4 Å². The molecule has 2 N–H and O–H groups in total. The largest absolute Gasteiger partial charge is 0.394 e. The van der Waals surface area contributed by atoms with E-state index in [9.17, 15) is 5.11 Å². The molecule has 2 unspecified atom stereocenters. The summed E-state index contributed by atoms with van der Waals surface area (Å²) in [7, 11) is 0. The van der Waals surface area contributed by atoms with Crippen LogP contribution < -0.4 is 5.32 Å². The summed E-state index contributed by atoms with van der Waals surface area (Å²) in [5, 5.41) is 13.7. The molecule has 1 saturated carbocycles. The molecule has 114 valence electrons. The monoisotopic (exact) mass is 270 g/mol. The summed E-state index contributed by atoms with van der Waals surface area (Å²) in [5.41, 5.74) is -0.0282. The van der Waals surface area contributed by atoms with Gasteiger partial charge >= 0.3 is 0 Å². The minimum absolute atomic E-state index is 0.0282. The first kappa shape index (κ1) is 16.9. The Hall–Kier alpha value is -0.120. The zero-order valence-corrected chi connectivity index (χ0v) is 13.4. The van der Waals surface area contributed by atoms with Crippen LogP contribution in [0.15, 0.2) is 0 Å². The number of hydrogen-bond donors (Lipinski definition) is 2. The topological polar surface area (TPSA) is 35.5 Å². The molecule has 1 fully saturated rings. The molecule has 3 heteroatoms. The highest BCUT2D eigenvalue weighted by Crippen LogP contribution is 2.38. The van der Waals surface area contributed by atoms with E-state index in [4.69, 9.17) is 0 Å². The van der Waals surface area contributed by atoms with E-state index in [1.54, 1.807) is 0 Å². The van der Waals surface area contributed by atoms with Gasteiger partial charge in [0.1, 0.15) is 0 Å². The van der Waals surface area contributed by atoms with Gasteiger partial charge in [0.2, 0.25) is 0 Å². The number of aliphatic hydroxyl groups excluding tert-OH is 1. The molecule has 19 heavy (non-hydrogen) atoms. The van der Waals surface area contributed by atoms with Gasteiger partial charge in [-0.15, -0.1) is 0 Å². The van der Waals surface area contributed by atoms with Crippen molar-refractivity contribution in [3.63, 3.8) is 0 Å². The van der Waals surface area contributed by atoms with Crippen LogP contribution in [0.25, 0.3) is 0 Å². The molecule has 0 radical (unpaired) electrons. The van der Waals surface area contributed by atoms with Crippen LogP contribution in [-0.2, 0) is 0 Å². The molecule has 1 aliphatic carbocycles. The van der Waals surface area contributed by atoms with E-state index in [1.165, 1.54) is 19.3 Å². The third-order valence-corrected chi connectivity index (χ3v) is 4.98. The van der Waals surface area contributed by atoms with Gasteiger partial charge in [-0.1, -0.05) is 40.5 Å². The number of rotatable bonds is 8. The Bertz CT molecular complexity index is 241. The molecule has 1 aliphatic rings. The van der Waals surface area contributed by atoms with Crippen molar-refractivity contribution in [3.8, 4) is 0 Å². The second kappa shape index (κ2) is 8.23. The molecule has 0 aromatic heterocycles. The smallest absolute Gasteiger partial charge is 0.0616 e. The minimum atomic E-state index is -0.0282. The first-order chi connectivity index (χ1) is 9.09. The van der Waals surface area contributed by atoms with Crippen LogP contribution >= 0.6 is 0 Å². The zero-order chi connectivity index (χ0) is 14.3. The third-order valence-electron chi connectivity index (χ3n) is 4.98. The average molecular weight is 270 g/mol. The molecule has 0 aromatic carbocycles. The summed E-state index contributed by atoms with van der Waals surface area (Å²) >= 11 is 0. The number of likely N-dealkylation sites (N-methyl/N-ethyl adjacent to an activating group) is 1. The SMILES string of the molecule is CCN(CC)CCNC1(CO)CCCCC1C(C)C. The van der Waals surface area contributed by atoms with Gasteiger partial charge < -0.3 is 15.3 Å². The summed E-state index contributed by atoms with van der Waals surface area (Å²) in [4.78, 5) is 2.44. The second-order valence-electron chi connectivity index (χ2n) is 6.36. The van der Waals surface area contributed by atoms with Crippen molar-refractivity contribution in [2.45, 2.75) is 58.9 Å². The molecule has 0 amide bonds. The normalized spacial score (nSPS) is 28.3. The first-order valence-corrected chi connectivity index (χ1v) is 8.17. The fraction of sp³-hybridized carbons (Fsp3) is 1.00. The maximum Gasteiger partial charge on any atom is 0.0616 e. The van der Waals surface area contributed by atoms with Crippen LogP contribution in [0, 0.1) is 11.8 Å². The van der Waals surface area contributed by atoms with Crippen molar-refractivity contribution in [1.29, 1.82) is 0 Å². The van der Waals surface area contributed by atoms with Crippen LogP contribution in [0.4, 0.5) is 0 Å². The number of nitrogens with zero attached hydrogens (tertiary/aromatic N) is 1. The summed E-state index contributed by atoms with van der Waals surface area (Å²) in [6.07, 6.45) is 4.96. The van der Waals surface area contributed by atoms with Crippen LogP contribution in [-0.4, -0.2) is 48.3 Å². The van der Waals surface area contributed by atoms with E-state index in [2.05, 4.69) is 37.9 Å². The molecular formula is C16H34N2O. The molecule has 0 saturated heterocycles. The first-order valence-electron chi connectivity index (χ1n) is 8.17. The lowest BCUT2D eigenvalue weighted by Gasteiger charge is -2.46. The second-order valence-corrected chi connectivity index (χ2v) is 6.36. The molecule has 0 bridgehead atoms. The maximum absolute atomic E-state index is 9.96. The van der Waals surface area contributed by atoms with Crippen molar-refractivity contribution >= 4 is 0 Å². The molecule has 3 nitrogen and oxygen atoms in total. The van der Waals surface area contributed by atoms with Crippen molar-refractivity contribution in [2.24, 2.45) is 11.8 Å². The quantitative estimate of drug-likeness (QED) is 0.711. The summed E-state index contributed by atoms with van der Waals surface area (Å²) in [6, 6.07) is 0. The van der Waals surface area contributed by atoms with Crippen molar-refractivity contribution in [3.05, 3.63) is 0 Å². The van der Waals surface area contributed by atoms with Gasteiger partial charge in [-0.05, 0) is 37.8 Å². The highest BCUT2D eigenvalue weighted by Gasteiger charge is 2.41. The lowest BCUT2D eigenvalue weighted by molar-refractivity contribution is 0.0406. The Balaban J connectivity index is 2.57. The standard InChI is InChI=1S/C16H34N2O/c1-5-18(6-2)12-11-17-16(13-19)10-8-7-9-15(16)14(3)4/h14-15,17,19H,5-13H2,1-4H3. The van der Waals surface area contributed by atoms with Gasteiger partial charge in [0.25, 0.3) is 0 Å². The van der Waals surface area contributed by atoms with Gasteiger partial charge in [0.15, 0.2) is 0 Å². The predicted molar refractivity (Wildman–Crippen MR) is 82.4 cm³/mol. The maximum atomic E-state index is 9.96. The molecular weight excluding hydrogens is 236 g/mol. The molecule has 0 aromatic rings. The third kappa shape index (κ3) is 4.44. The number of aliphatic hydroxyl groups is 1. The van der Waals surface area contributed by atoms with Crippen LogP contribution in [0.5, 0.6) is 0 Å². The Labute approximate surface area is 119 Å². The predicted octanol–water partition coefficient (Wildman–Crippen LogP) is 2.50. The summed E-state index contributed by atoms with van der Waals surface area (Å²) in [6.45, 7) is 13.6. The molecule has 0 aliphatic heterocycles. The minimum Gasteiger partial charge on any atom is -0.394 e. The molecule has 1 rings (SSSR count). The van der Waals surface area contributed by atoms with Gasteiger partial charge in [-0.3, -0.25) is 0 Å². The van der Waals surface area contributed by atoms with E-state index in [1.807, 2.05) is 0 Å². The fourth-order valence-electron chi connectivity index (χ4n) is 3.71. The Morgan fingerprint density at radius 2 is 1.95 bits per heavy atom. The van der Waals surface area contributed by atoms with Crippen LogP contribution in [0.3, 0.4) is 0 Å². The summed E-state index contributed by atoms with van der Waals surface area (Å²) in [5.74, 6) is 1.26. The Morgan fingerprint density at radius 1 is 1.26 bits per heavy atom. The van der Waals surface area contributed by atoms with Gasteiger partial charge in [0.05, 0.1) is 6.61 Å². The highest BCUT2D eigenvalue weighted by molar-refractivity contribution is 4.98. The zero-order valence-electron chi connectivity index (χ0n) is 13.4. The van der Waals surface area contributed by atoms with Crippen LogP contribution in [0.2, 0.25) is 0 Å². The van der Waals surface area contributed by atoms with Gasteiger partial charge in [0, 0.05) is 18.6 Å².